The highest BCUT2D eigenvalue weighted by molar-refractivity contribution is 6.03. The molecule has 0 spiro atoms. The van der Waals surface area contributed by atoms with E-state index in [0.29, 0.717) is 6.54 Å². The Bertz CT molecular complexity index is 606. The van der Waals surface area contributed by atoms with Gasteiger partial charge in [0.2, 0.25) is 5.95 Å². The van der Waals surface area contributed by atoms with Gasteiger partial charge in [0.25, 0.3) is 11.6 Å². The molecule has 1 aromatic carbocycles. The number of nitro benzene ring substituents is 1. The second-order valence-electron chi connectivity index (χ2n) is 3.58. The van der Waals surface area contributed by atoms with Crippen molar-refractivity contribution in [1.29, 1.82) is 0 Å². The summed E-state index contributed by atoms with van der Waals surface area (Å²) in [5.74, 6) is -0.203. The van der Waals surface area contributed by atoms with Crippen LogP contribution in [0.3, 0.4) is 0 Å². The number of nitrogens with one attached hydrogen (secondary N) is 1. The number of nitro groups is 1. The number of carbonyl (C=O) groups excluding carboxylic acids is 1. The summed E-state index contributed by atoms with van der Waals surface area (Å²) in [6, 6.07) is 5.26. The van der Waals surface area contributed by atoms with E-state index in [-0.39, 0.29) is 17.2 Å². The molecule has 0 radical (unpaired) electrons. The number of carbonyl (C=O) groups is 1. The van der Waals surface area contributed by atoms with Crippen LogP contribution in [-0.2, 0) is 6.54 Å². The quantitative estimate of drug-likeness (QED) is 0.645. The summed E-state index contributed by atoms with van der Waals surface area (Å²) in [5.41, 5.74) is 0.214. The summed E-state index contributed by atoms with van der Waals surface area (Å²) in [7, 11) is 0. The Morgan fingerprint density at radius 3 is 2.68 bits per heavy atom. The number of nitrogens with zero attached hydrogens (tertiary/aromatic N) is 5. The molecular formula is C10H10N6O3. The minimum atomic E-state index is -0.528. The highest BCUT2D eigenvalue weighted by Crippen LogP contribution is 2.13. The zero-order chi connectivity index (χ0) is 13.8. The Kier molecular flexibility index (Phi) is 3.46. The lowest BCUT2D eigenvalue weighted by atomic mass is 10.2. The Hall–Kier alpha value is -2.84. The first-order valence-electron chi connectivity index (χ1n) is 5.43. The fourth-order valence-corrected chi connectivity index (χ4v) is 1.42. The first-order chi connectivity index (χ1) is 9.11. The van der Waals surface area contributed by atoms with Gasteiger partial charge in [-0.15, -0.1) is 0 Å². The van der Waals surface area contributed by atoms with Crippen LogP contribution >= 0.6 is 0 Å². The maximum Gasteiger partial charge on any atom is 0.269 e. The predicted molar refractivity (Wildman–Crippen MR) is 64.5 cm³/mol. The largest absolute Gasteiger partial charge is 0.289 e. The molecule has 0 atom stereocenters. The van der Waals surface area contributed by atoms with Crippen LogP contribution in [-0.4, -0.2) is 31.0 Å². The molecule has 9 nitrogen and oxygen atoms in total. The van der Waals surface area contributed by atoms with Gasteiger partial charge in [-0.2, -0.15) is 0 Å². The summed E-state index contributed by atoms with van der Waals surface area (Å²) in [5, 5.41) is 23.8. The molecule has 1 amide bonds. The minimum absolute atomic E-state index is 0.0741. The third-order valence-electron chi connectivity index (χ3n) is 2.40. The number of aryl methyl sites for hydroxylation is 1. The molecule has 0 aliphatic heterocycles. The van der Waals surface area contributed by atoms with Crippen LogP contribution in [0.1, 0.15) is 17.3 Å². The second-order valence-corrected chi connectivity index (χ2v) is 3.58. The van der Waals surface area contributed by atoms with Crippen LogP contribution in [0.5, 0.6) is 0 Å². The van der Waals surface area contributed by atoms with Crippen molar-refractivity contribution in [3.05, 3.63) is 39.9 Å². The maximum atomic E-state index is 11.9. The molecule has 0 aliphatic rings. The molecule has 2 aromatic rings. The van der Waals surface area contributed by atoms with Crippen molar-refractivity contribution in [3.8, 4) is 0 Å². The number of aromatic nitrogens is 4. The van der Waals surface area contributed by atoms with Gasteiger partial charge in [0, 0.05) is 24.2 Å². The highest BCUT2D eigenvalue weighted by Gasteiger charge is 2.12. The third kappa shape index (κ3) is 2.70. The summed E-state index contributed by atoms with van der Waals surface area (Å²) < 4.78 is 1.42. The van der Waals surface area contributed by atoms with Gasteiger partial charge >= 0.3 is 0 Å². The highest BCUT2D eigenvalue weighted by atomic mass is 16.6. The normalized spacial score (nSPS) is 10.2. The van der Waals surface area contributed by atoms with Gasteiger partial charge in [0.05, 0.1) is 4.92 Å². The van der Waals surface area contributed by atoms with E-state index >= 15 is 0 Å². The van der Waals surface area contributed by atoms with Gasteiger partial charge in [0.1, 0.15) is 0 Å². The SMILES string of the molecule is CCn1nnnc1NC(=O)c1ccc([N+](=O)[O-])cc1. The van der Waals surface area contributed by atoms with E-state index in [0.717, 1.165) is 0 Å². The van der Waals surface area contributed by atoms with E-state index in [1.807, 2.05) is 6.92 Å². The van der Waals surface area contributed by atoms with E-state index < -0.39 is 10.8 Å². The second kappa shape index (κ2) is 5.21. The Morgan fingerprint density at radius 2 is 2.11 bits per heavy atom. The number of hydrogen-bond donors (Lipinski definition) is 1. The van der Waals surface area contributed by atoms with Crippen molar-refractivity contribution in [3.63, 3.8) is 0 Å². The molecule has 9 heteroatoms. The number of anilines is 1. The van der Waals surface area contributed by atoms with E-state index in [2.05, 4.69) is 20.8 Å². The van der Waals surface area contributed by atoms with Crippen molar-refractivity contribution in [2.24, 2.45) is 0 Å². The smallest absolute Gasteiger partial charge is 0.269 e. The number of benzene rings is 1. The molecule has 1 aromatic heterocycles. The molecule has 0 saturated carbocycles. The number of non-ortho nitro benzene ring substituents is 1. The molecular weight excluding hydrogens is 252 g/mol. The van der Waals surface area contributed by atoms with E-state index in [4.69, 9.17) is 0 Å². The van der Waals surface area contributed by atoms with Gasteiger partial charge in [-0.05, 0) is 29.5 Å². The van der Waals surface area contributed by atoms with Gasteiger partial charge < -0.3 is 0 Å². The summed E-state index contributed by atoms with van der Waals surface area (Å²) >= 11 is 0. The number of amides is 1. The lowest BCUT2D eigenvalue weighted by Crippen LogP contribution is -2.16. The van der Waals surface area contributed by atoms with E-state index in [9.17, 15) is 14.9 Å². The molecule has 0 bridgehead atoms. The number of hydrogen-bond acceptors (Lipinski definition) is 6. The maximum absolute atomic E-state index is 11.9. The molecule has 19 heavy (non-hydrogen) atoms. The predicted octanol–water partition coefficient (Wildman–Crippen LogP) is 0.853. The lowest BCUT2D eigenvalue weighted by Gasteiger charge is -2.03. The monoisotopic (exact) mass is 262 g/mol. The zero-order valence-electron chi connectivity index (χ0n) is 9.98. The number of rotatable bonds is 4. The average molecular weight is 262 g/mol. The fourth-order valence-electron chi connectivity index (χ4n) is 1.42. The summed E-state index contributed by atoms with van der Waals surface area (Å²) in [6.07, 6.45) is 0. The molecule has 0 saturated heterocycles. The first-order valence-corrected chi connectivity index (χ1v) is 5.43. The fraction of sp³-hybridized carbons (Fsp3) is 0.200. The topological polar surface area (TPSA) is 116 Å². The van der Waals surface area contributed by atoms with Crippen LogP contribution in [0, 0.1) is 10.1 Å². The third-order valence-corrected chi connectivity index (χ3v) is 2.40. The van der Waals surface area contributed by atoms with Gasteiger partial charge in [-0.25, -0.2) is 4.68 Å². The van der Waals surface area contributed by atoms with Crippen molar-refractivity contribution in [2.45, 2.75) is 13.5 Å². The summed E-state index contributed by atoms with van der Waals surface area (Å²) in [6.45, 7) is 2.35. The van der Waals surface area contributed by atoms with Crippen molar-refractivity contribution in [1.82, 2.24) is 20.2 Å². The standard InChI is InChI=1S/C10H10N6O3/c1-2-15-10(12-13-14-15)11-9(17)7-3-5-8(6-4-7)16(18)19/h3-6H,2H2,1H3,(H,11,12,14,17). The molecule has 1 N–H and O–H groups in total. The summed E-state index contributed by atoms with van der Waals surface area (Å²) in [4.78, 5) is 21.8. The molecule has 2 rings (SSSR count). The van der Waals surface area contributed by atoms with Crippen LogP contribution in [0.15, 0.2) is 24.3 Å². The van der Waals surface area contributed by atoms with E-state index in [1.54, 1.807) is 0 Å². The van der Waals surface area contributed by atoms with Crippen molar-refractivity contribution in [2.75, 3.05) is 5.32 Å². The molecule has 1 heterocycles. The van der Waals surface area contributed by atoms with Crippen LogP contribution in [0.25, 0.3) is 0 Å². The molecule has 0 fully saturated rings. The van der Waals surface area contributed by atoms with Gasteiger partial charge in [-0.1, -0.05) is 5.10 Å². The lowest BCUT2D eigenvalue weighted by molar-refractivity contribution is -0.384. The van der Waals surface area contributed by atoms with Crippen LogP contribution < -0.4 is 5.32 Å². The zero-order valence-corrected chi connectivity index (χ0v) is 9.98. The molecule has 0 unspecified atom stereocenters. The average Bonchev–Trinajstić information content (AvgIpc) is 2.86. The Morgan fingerprint density at radius 1 is 1.42 bits per heavy atom. The van der Waals surface area contributed by atoms with Crippen LogP contribution in [0.4, 0.5) is 11.6 Å². The van der Waals surface area contributed by atoms with Gasteiger partial charge in [0.15, 0.2) is 0 Å². The first kappa shape index (κ1) is 12.6. The molecule has 98 valence electrons. The van der Waals surface area contributed by atoms with Crippen molar-refractivity contribution >= 4 is 17.5 Å². The Labute approximate surface area is 107 Å². The number of tetrazole rings is 1. The minimum Gasteiger partial charge on any atom is -0.289 e. The van der Waals surface area contributed by atoms with E-state index in [1.165, 1.54) is 28.9 Å². The molecule has 0 aliphatic carbocycles. The Balaban J connectivity index is 2.14. The van der Waals surface area contributed by atoms with Crippen molar-refractivity contribution < 1.29 is 9.72 Å². The van der Waals surface area contributed by atoms with Gasteiger partial charge in [-0.3, -0.25) is 20.2 Å². The van der Waals surface area contributed by atoms with Crippen LogP contribution in [0.2, 0.25) is 0 Å².